The van der Waals surface area contributed by atoms with Crippen molar-refractivity contribution in [2.75, 3.05) is 25.5 Å². The number of carbonyl (C=O) groups is 3. The molecule has 6 N–H and O–H groups in total. The fourth-order valence-electron chi connectivity index (χ4n) is 9.13. The minimum atomic E-state index is -1.98. The third-order valence-corrected chi connectivity index (χ3v) is 12.4. The number of benzene rings is 2. The number of Topliss-reactive ketones (excluding diaryl/α,β-unsaturated/α-hetero) is 1. The number of nitrogens with one attached hydrogen (secondary N) is 2. The number of fused-ring (bicyclic) bond motifs is 6. The van der Waals surface area contributed by atoms with E-state index in [2.05, 4.69) is 10.6 Å². The van der Waals surface area contributed by atoms with Crippen LogP contribution < -0.4 is 26.1 Å². The second-order valence-electron chi connectivity index (χ2n) is 16.1. The fourth-order valence-corrected chi connectivity index (χ4v) is 9.13. The number of allylic oxidation sites excluding steroid dienone is 2. The van der Waals surface area contributed by atoms with Crippen LogP contribution in [0.1, 0.15) is 77.2 Å². The number of aliphatic hydroxyl groups is 2. The average molecular weight is 775 g/mol. The Labute approximate surface area is 323 Å². The predicted octanol–water partition coefficient (Wildman–Crippen LogP) is 2.71. The van der Waals surface area contributed by atoms with E-state index in [1.54, 1.807) is 52.8 Å². The summed E-state index contributed by atoms with van der Waals surface area (Å²) in [5, 5.41) is 55.0. The van der Waals surface area contributed by atoms with Crippen LogP contribution in [0.25, 0.3) is 10.8 Å². The lowest BCUT2D eigenvalue weighted by atomic mass is 9.65. The second-order valence-corrected chi connectivity index (χ2v) is 16.1. The molecule has 5 heterocycles. The fraction of sp³-hybridized carbons (Fsp3) is 0.537. The zero-order valence-corrected chi connectivity index (χ0v) is 32.8. The second kappa shape index (κ2) is 14.0. The maximum Gasteiger partial charge on any atom is 0.312 e. The van der Waals surface area contributed by atoms with Gasteiger partial charge in [0.05, 0.1) is 51.9 Å². The highest BCUT2D eigenvalue weighted by Crippen LogP contribution is 2.57. The van der Waals surface area contributed by atoms with Gasteiger partial charge in [0.15, 0.2) is 11.4 Å². The first-order valence-electron chi connectivity index (χ1n) is 19.0. The first-order chi connectivity index (χ1) is 26.4. The molecule has 15 heteroatoms. The normalized spacial score (nSPS) is 35.7. The molecule has 1 fully saturated rings. The van der Waals surface area contributed by atoms with Crippen molar-refractivity contribution in [2.24, 2.45) is 27.7 Å². The first-order valence-corrected chi connectivity index (χ1v) is 19.0. The number of aromatic hydroxyl groups is 2. The summed E-state index contributed by atoms with van der Waals surface area (Å²) in [5.74, 6) is -7.52. The number of phenols is 2. The van der Waals surface area contributed by atoms with Crippen LogP contribution in [-0.2, 0) is 29.2 Å². The quantitative estimate of drug-likeness (QED) is 0.192. The summed E-state index contributed by atoms with van der Waals surface area (Å²) in [6, 6.07) is 0. The molecule has 15 nitrogen and oxygen atoms in total. The molecule has 5 aliphatic heterocycles. The zero-order valence-electron chi connectivity index (χ0n) is 32.8. The monoisotopic (exact) mass is 774 g/mol. The Hall–Kier alpha value is -4.83. The van der Waals surface area contributed by atoms with Crippen LogP contribution in [-0.4, -0.2) is 94.2 Å². The molecule has 0 radical (unpaired) electrons. The van der Waals surface area contributed by atoms with Crippen LogP contribution in [0, 0.1) is 17.8 Å². The number of phenolic OH excluding ortho intramolecular Hbond substituents is 2. The van der Waals surface area contributed by atoms with Crippen LogP contribution >= 0.6 is 0 Å². The Kier molecular flexibility index (Phi) is 9.83. The summed E-state index contributed by atoms with van der Waals surface area (Å²) in [7, 11) is 1.40. The number of hydrogen-bond acceptors (Lipinski definition) is 14. The molecule has 56 heavy (non-hydrogen) atoms. The van der Waals surface area contributed by atoms with E-state index in [1.807, 2.05) is 0 Å². The van der Waals surface area contributed by atoms with E-state index in [0.717, 1.165) is 0 Å². The van der Waals surface area contributed by atoms with E-state index in [1.165, 1.54) is 33.3 Å². The van der Waals surface area contributed by atoms with Gasteiger partial charge in [0.2, 0.25) is 0 Å². The van der Waals surface area contributed by atoms with Crippen LogP contribution in [0.2, 0.25) is 0 Å². The van der Waals surface area contributed by atoms with E-state index >= 15 is 0 Å². The number of amides is 1. The zero-order chi connectivity index (χ0) is 40.6. The van der Waals surface area contributed by atoms with Gasteiger partial charge < -0.3 is 50.0 Å². The maximum atomic E-state index is 14.8. The van der Waals surface area contributed by atoms with Gasteiger partial charge in [-0.3, -0.25) is 24.4 Å². The molecular formula is C41H50N4O11. The van der Waals surface area contributed by atoms with Gasteiger partial charge in [-0.25, -0.2) is 0 Å². The number of hydrogen-bond donors (Lipinski definition) is 6. The highest BCUT2D eigenvalue weighted by Gasteiger charge is 2.58. The van der Waals surface area contributed by atoms with Gasteiger partial charge in [-0.15, -0.1) is 0 Å². The summed E-state index contributed by atoms with van der Waals surface area (Å²) in [5.41, 5.74) is -2.78. The van der Waals surface area contributed by atoms with E-state index in [-0.39, 0.29) is 49.6 Å². The highest BCUT2D eigenvalue weighted by molar-refractivity contribution is 6.20. The van der Waals surface area contributed by atoms with Crippen molar-refractivity contribution < 1.29 is 53.8 Å². The number of piperidine rings is 1. The Morgan fingerprint density at radius 1 is 0.964 bits per heavy atom. The van der Waals surface area contributed by atoms with E-state index in [4.69, 9.17) is 28.9 Å². The predicted molar refractivity (Wildman–Crippen MR) is 203 cm³/mol. The largest absolute Gasteiger partial charge is 0.507 e. The molecule has 300 valence electrons. The number of ether oxygens (including phenoxy) is 4. The van der Waals surface area contributed by atoms with Crippen LogP contribution in [0.4, 0.5) is 5.69 Å². The minimum absolute atomic E-state index is 0.0385. The van der Waals surface area contributed by atoms with Gasteiger partial charge >= 0.3 is 11.8 Å². The Balaban J connectivity index is 1.68. The van der Waals surface area contributed by atoms with Gasteiger partial charge in [-0.05, 0) is 33.0 Å². The number of esters is 1. The van der Waals surface area contributed by atoms with Crippen LogP contribution in [0.15, 0.2) is 46.1 Å². The van der Waals surface area contributed by atoms with Crippen LogP contribution in [0.3, 0.4) is 0 Å². The van der Waals surface area contributed by atoms with E-state index in [0.29, 0.717) is 25.9 Å². The number of methoxy groups -OCH3 is 1. The van der Waals surface area contributed by atoms with Gasteiger partial charge in [-0.2, -0.15) is 0 Å². The molecular weight excluding hydrogens is 724 g/mol. The summed E-state index contributed by atoms with van der Waals surface area (Å²) in [4.78, 5) is 51.8. The molecule has 0 unspecified atom stereocenters. The van der Waals surface area contributed by atoms with Crippen molar-refractivity contribution in [1.82, 2.24) is 5.32 Å². The molecule has 0 saturated carbocycles. The Bertz CT molecular complexity index is 2240. The first kappa shape index (κ1) is 39.4. The number of rotatable bonds is 2. The molecule has 9 atom stereocenters. The number of nitrogens with zero attached hydrogens (tertiary/aromatic N) is 2. The molecule has 7 rings (SSSR count). The number of ketones is 1. The van der Waals surface area contributed by atoms with Crippen LogP contribution in [0.5, 0.6) is 17.2 Å². The maximum absolute atomic E-state index is 14.8. The SMILES string of the molecule is CO[C@H]1/C=C/O[C@@]2(C)Oc3c4c(O)c5c(O)c(c6c(c5c3C2=O)=NC2(CCNCC2)N=6)NC(=O)/C(C)=C\C=C\[C@H](C)[C@H](O)[C@@H](C)[C@@H](O)[C@@H](C)[C@H](OC(C)=O)[C@@]41C. The molecule has 0 aromatic heterocycles. The smallest absolute Gasteiger partial charge is 0.312 e. The van der Waals surface area contributed by atoms with E-state index < -0.39 is 88.2 Å². The molecule has 0 aliphatic carbocycles. The molecule has 2 aromatic rings. The molecule has 1 spiro atoms. The van der Waals surface area contributed by atoms with Crippen molar-refractivity contribution in [2.45, 2.75) is 103 Å². The summed E-state index contributed by atoms with van der Waals surface area (Å²) in [6.07, 6.45) is 3.72. The third kappa shape index (κ3) is 5.89. The lowest BCUT2D eigenvalue weighted by Gasteiger charge is -2.46. The van der Waals surface area contributed by atoms with Crippen molar-refractivity contribution in [3.8, 4) is 17.2 Å². The molecule has 2 aromatic carbocycles. The van der Waals surface area contributed by atoms with Crippen molar-refractivity contribution in [1.29, 1.82) is 0 Å². The summed E-state index contributed by atoms with van der Waals surface area (Å²) < 4.78 is 24.7. The third-order valence-electron chi connectivity index (χ3n) is 12.4. The highest BCUT2D eigenvalue weighted by atomic mass is 16.7. The van der Waals surface area contributed by atoms with Gasteiger partial charge in [0.25, 0.3) is 11.7 Å². The van der Waals surface area contributed by atoms with Gasteiger partial charge in [-0.1, -0.05) is 39.0 Å². The molecule has 1 saturated heterocycles. The average Bonchev–Trinajstić information content (AvgIpc) is 3.66. The Morgan fingerprint density at radius 2 is 1.64 bits per heavy atom. The lowest BCUT2D eigenvalue weighted by molar-refractivity contribution is -0.164. The number of carbonyl (C=O) groups excluding carboxylic acids is 3. The van der Waals surface area contributed by atoms with Crippen molar-refractivity contribution in [3.05, 3.63) is 58.0 Å². The molecule has 5 aliphatic rings. The lowest BCUT2D eigenvalue weighted by Crippen LogP contribution is -2.55. The summed E-state index contributed by atoms with van der Waals surface area (Å²) >= 11 is 0. The molecule has 5 bridgehead atoms. The minimum Gasteiger partial charge on any atom is -0.507 e. The van der Waals surface area contributed by atoms with Crippen molar-refractivity contribution >= 4 is 34.1 Å². The Morgan fingerprint density at radius 3 is 2.30 bits per heavy atom. The summed E-state index contributed by atoms with van der Waals surface area (Å²) in [6.45, 7) is 12.1. The molecule has 1 amide bonds. The number of anilines is 1. The van der Waals surface area contributed by atoms with Gasteiger partial charge in [0.1, 0.15) is 28.6 Å². The number of aliphatic hydroxyl groups excluding tert-OH is 2. The topological polar surface area (TPSA) is 218 Å². The van der Waals surface area contributed by atoms with Gasteiger partial charge in [0, 0.05) is 62.5 Å². The van der Waals surface area contributed by atoms with Crippen molar-refractivity contribution in [3.63, 3.8) is 0 Å². The standard InChI is InChI=1S/C41H50N4O11/c1-18-10-9-11-19(2)38(52)43-30-29-28(44-41(45-29)13-15-42-16-14-41)24-25(34(30)50)33(49)27-35-26(24)36(51)40(7,56-35)54-17-12-23(53-8)39(27,6)37(55-22(5)46)21(4)32(48)20(3)31(18)47/h9-12,17-18,20-21,23,31-32,37,42,47-50H,13-16H2,1-8H3,(H,43,52)/b10-9+,17-12+,19-11-/t18-,20+,21+,23-,31-,32+,37-,39+,40-/m0/s1. The van der Waals surface area contributed by atoms with E-state index in [9.17, 15) is 34.8 Å².